The minimum atomic E-state index is -0.553. The summed E-state index contributed by atoms with van der Waals surface area (Å²) in [5, 5.41) is 3.13. The Bertz CT molecular complexity index is 249. The number of ether oxygens (including phenoxy) is 1. The molecule has 0 amide bonds. The second-order valence-electron chi connectivity index (χ2n) is 4.50. The van der Waals surface area contributed by atoms with Crippen molar-refractivity contribution < 1.29 is 9.53 Å². The van der Waals surface area contributed by atoms with Gasteiger partial charge in [-0.2, -0.15) is 0 Å². The van der Waals surface area contributed by atoms with Gasteiger partial charge in [0.25, 0.3) is 0 Å². The second-order valence-corrected chi connectivity index (χ2v) is 4.50. The first kappa shape index (κ1) is 13.0. The van der Waals surface area contributed by atoms with Crippen LogP contribution in [0.25, 0.3) is 0 Å². The lowest BCUT2D eigenvalue weighted by molar-refractivity contribution is -0.150. The summed E-state index contributed by atoms with van der Waals surface area (Å²) in [6.07, 6.45) is 5.32. The van der Waals surface area contributed by atoms with Crippen LogP contribution >= 0.6 is 0 Å². The third-order valence-corrected chi connectivity index (χ3v) is 2.07. The predicted molar refractivity (Wildman–Crippen MR) is 56.7 cm³/mol. The largest absolute Gasteiger partial charge is 0.469 e. The third-order valence-electron chi connectivity index (χ3n) is 2.07. The fourth-order valence-corrected chi connectivity index (χ4v) is 0.841. The lowest BCUT2D eigenvalue weighted by atomic mass is 9.92. The topological polar surface area (TPSA) is 38.3 Å². The highest BCUT2D eigenvalue weighted by atomic mass is 16.5. The highest BCUT2D eigenvalue weighted by molar-refractivity contribution is 5.76. The molecule has 0 atom stereocenters. The van der Waals surface area contributed by atoms with E-state index in [9.17, 15) is 4.79 Å². The van der Waals surface area contributed by atoms with E-state index >= 15 is 0 Å². The highest BCUT2D eigenvalue weighted by Crippen LogP contribution is 2.16. The zero-order chi connectivity index (χ0) is 11.4. The lowest BCUT2D eigenvalue weighted by Crippen LogP contribution is -2.46. The van der Waals surface area contributed by atoms with Gasteiger partial charge in [0.1, 0.15) is 0 Å². The average Bonchev–Trinajstić information content (AvgIpc) is 2.14. The molecule has 0 rings (SSSR count). The van der Waals surface area contributed by atoms with Crippen molar-refractivity contribution >= 4 is 5.97 Å². The Hall–Kier alpha value is -1.01. The molecule has 0 fully saturated rings. The quantitative estimate of drug-likeness (QED) is 0.543. The first-order valence-electron chi connectivity index (χ1n) is 4.56. The van der Waals surface area contributed by atoms with E-state index in [2.05, 4.69) is 16.0 Å². The van der Waals surface area contributed by atoms with Crippen molar-refractivity contribution in [3.05, 3.63) is 0 Å². The molecule has 14 heavy (non-hydrogen) atoms. The third kappa shape index (κ3) is 3.80. The Labute approximate surface area is 86.2 Å². The van der Waals surface area contributed by atoms with Crippen molar-refractivity contribution in [2.24, 2.45) is 5.41 Å². The van der Waals surface area contributed by atoms with Crippen LogP contribution in [0.4, 0.5) is 0 Å². The number of esters is 1. The Morgan fingerprint density at radius 3 is 2.29 bits per heavy atom. The van der Waals surface area contributed by atoms with Crippen LogP contribution in [0, 0.1) is 17.8 Å². The van der Waals surface area contributed by atoms with E-state index in [0.29, 0.717) is 6.54 Å². The number of hydrogen-bond donors (Lipinski definition) is 1. The van der Waals surface area contributed by atoms with Gasteiger partial charge in [-0.3, -0.25) is 4.79 Å². The van der Waals surface area contributed by atoms with E-state index < -0.39 is 11.0 Å². The standard InChI is InChI=1S/C11H19NO2/c1-7-11(4,5)12-8-10(2,3)9(13)14-6/h1,12H,8H2,2-6H3. The van der Waals surface area contributed by atoms with Crippen LogP contribution < -0.4 is 5.32 Å². The molecule has 0 unspecified atom stereocenters. The van der Waals surface area contributed by atoms with Crippen molar-refractivity contribution in [1.29, 1.82) is 0 Å². The minimum absolute atomic E-state index is 0.238. The van der Waals surface area contributed by atoms with Gasteiger partial charge in [-0.15, -0.1) is 6.42 Å². The SMILES string of the molecule is C#CC(C)(C)NCC(C)(C)C(=O)OC. The Morgan fingerprint density at radius 2 is 1.93 bits per heavy atom. The molecule has 0 heterocycles. The molecule has 0 bridgehead atoms. The summed E-state index contributed by atoms with van der Waals surface area (Å²) in [4.78, 5) is 11.3. The average molecular weight is 197 g/mol. The first-order chi connectivity index (χ1) is 6.25. The monoisotopic (exact) mass is 197 g/mol. The van der Waals surface area contributed by atoms with Crippen molar-refractivity contribution in [3.8, 4) is 12.3 Å². The second kappa shape index (κ2) is 4.47. The molecule has 0 aromatic heterocycles. The molecule has 0 saturated heterocycles. The van der Waals surface area contributed by atoms with Gasteiger partial charge in [-0.1, -0.05) is 5.92 Å². The summed E-state index contributed by atoms with van der Waals surface area (Å²) in [5.41, 5.74) is -0.950. The van der Waals surface area contributed by atoms with Crippen LogP contribution in [0.3, 0.4) is 0 Å². The smallest absolute Gasteiger partial charge is 0.312 e. The van der Waals surface area contributed by atoms with Crippen molar-refractivity contribution in [2.75, 3.05) is 13.7 Å². The number of rotatable bonds is 4. The molecular formula is C11H19NO2. The zero-order valence-corrected chi connectivity index (χ0v) is 9.60. The van der Waals surface area contributed by atoms with Crippen molar-refractivity contribution in [3.63, 3.8) is 0 Å². The predicted octanol–water partition coefficient (Wildman–Crippen LogP) is 1.19. The number of hydrogen-bond acceptors (Lipinski definition) is 3. The first-order valence-corrected chi connectivity index (χ1v) is 4.56. The van der Waals surface area contributed by atoms with Crippen molar-refractivity contribution in [1.82, 2.24) is 5.32 Å². The Morgan fingerprint density at radius 1 is 1.43 bits per heavy atom. The fraction of sp³-hybridized carbons (Fsp3) is 0.727. The van der Waals surface area contributed by atoms with E-state index in [4.69, 9.17) is 6.42 Å². The molecule has 0 aliphatic rings. The summed E-state index contributed by atoms with van der Waals surface area (Å²) in [6.45, 7) is 7.91. The van der Waals surface area contributed by atoms with Crippen LogP contribution in [0.5, 0.6) is 0 Å². The minimum Gasteiger partial charge on any atom is -0.469 e. The number of carbonyl (C=O) groups excluding carboxylic acids is 1. The number of methoxy groups -OCH3 is 1. The molecule has 3 heteroatoms. The maximum absolute atomic E-state index is 11.3. The number of nitrogens with one attached hydrogen (secondary N) is 1. The Kier molecular flexibility index (Phi) is 4.15. The molecule has 0 aromatic rings. The molecule has 0 aliphatic carbocycles. The van der Waals surface area contributed by atoms with E-state index in [0.717, 1.165) is 0 Å². The molecule has 1 N–H and O–H groups in total. The van der Waals surface area contributed by atoms with E-state index in [1.165, 1.54) is 7.11 Å². The summed E-state index contributed by atoms with van der Waals surface area (Å²) < 4.78 is 4.68. The number of carbonyl (C=O) groups is 1. The van der Waals surface area contributed by atoms with Gasteiger partial charge in [-0.25, -0.2) is 0 Å². The maximum Gasteiger partial charge on any atom is 0.312 e. The highest BCUT2D eigenvalue weighted by Gasteiger charge is 2.30. The number of terminal acetylenes is 1. The summed E-state index contributed by atoms with van der Waals surface area (Å²) in [6, 6.07) is 0. The van der Waals surface area contributed by atoms with Gasteiger partial charge in [0.2, 0.25) is 0 Å². The van der Waals surface area contributed by atoms with E-state index in [-0.39, 0.29) is 5.97 Å². The molecule has 3 nitrogen and oxygen atoms in total. The molecule has 0 aliphatic heterocycles. The Balaban J connectivity index is 4.27. The zero-order valence-electron chi connectivity index (χ0n) is 9.60. The normalized spacial score (nSPS) is 12.0. The van der Waals surface area contributed by atoms with Crippen LogP contribution in [-0.4, -0.2) is 25.2 Å². The maximum atomic E-state index is 11.3. The van der Waals surface area contributed by atoms with Gasteiger partial charge in [-0.05, 0) is 27.7 Å². The van der Waals surface area contributed by atoms with Crippen LogP contribution in [0.2, 0.25) is 0 Å². The van der Waals surface area contributed by atoms with Gasteiger partial charge in [0.15, 0.2) is 0 Å². The van der Waals surface area contributed by atoms with Crippen LogP contribution in [-0.2, 0) is 9.53 Å². The summed E-state index contributed by atoms with van der Waals surface area (Å²) in [7, 11) is 1.39. The van der Waals surface area contributed by atoms with Gasteiger partial charge >= 0.3 is 5.97 Å². The van der Waals surface area contributed by atoms with E-state index in [1.807, 2.05) is 27.7 Å². The van der Waals surface area contributed by atoms with Gasteiger partial charge in [0.05, 0.1) is 18.1 Å². The molecule has 0 saturated carbocycles. The lowest BCUT2D eigenvalue weighted by Gasteiger charge is -2.27. The molecule has 0 spiro atoms. The summed E-state index contributed by atoms with van der Waals surface area (Å²) >= 11 is 0. The van der Waals surface area contributed by atoms with Gasteiger partial charge < -0.3 is 10.1 Å². The molecular weight excluding hydrogens is 178 g/mol. The van der Waals surface area contributed by atoms with Crippen LogP contribution in [0.1, 0.15) is 27.7 Å². The summed E-state index contributed by atoms with van der Waals surface area (Å²) in [5.74, 6) is 2.37. The van der Waals surface area contributed by atoms with Gasteiger partial charge in [0, 0.05) is 6.54 Å². The molecule has 0 aromatic carbocycles. The molecule has 0 radical (unpaired) electrons. The van der Waals surface area contributed by atoms with E-state index in [1.54, 1.807) is 0 Å². The fourth-order valence-electron chi connectivity index (χ4n) is 0.841. The molecule has 80 valence electrons. The van der Waals surface area contributed by atoms with Crippen molar-refractivity contribution in [2.45, 2.75) is 33.2 Å². The van der Waals surface area contributed by atoms with Crippen LogP contribution in [0.15, 0.2) is 0 Å².